The molecule has 7 nitrogen and oxygen atoms in total. The summed E-state index contributed by atoms with van der Waals surface area (Å²) in [7, 11) is 0. The molecule has 0 aromatic heterocycles. The monoisotopic (exact) mass is 560 g/mol. The van der Waals surface area contributed by atoms with Crippen molar-refractivity contribution in [1.29, 1.82) is 0 Å². The second-order valence-corrected chi connectivity index (χ2v) is 8.86. The molecule has 3 rings (SSSR count). The summed E-state index contributed by atoms with van der Waals surface area (Å²) in [4.78, 5) is 26.5. The first-order chi connectivity index (χ1) is 18.2. The average molecular weight is 560 g/mol. The third-order valence-corrected chi connectivity index (χ3v) is 5.78. The van der Waals surface area contributed by atoms with Gasteiger partial charge in [0.15, 0.2) is 0 Å². The number of allylic oxidation sites excluding steroid dienone is 1. The van der Waals surface area contributed by atoms with Crippen molar-refractivity contribution in [2.75, 3.05) is 31.2 Å². The summed E-state index contributed by atoms with van der Waals surface area (Å²) in [6.07, 6.45) is -8.22. The molecule has 13 heteroatoms. The number of fused-ring (bicyclic) bond motifs is 1. The maximum absolute atomic E-state index is 15.2. The van der Waals surface area contributed by atoms with Crippen LogP contribution in [0.5, 0.6) is 5.75 Å². The first-order valence-electron chi connectivity index (χ1n) is 11.8. The van der Waals surface area contributed by atoms with Crippen molar-refractivity contribution in [2.45, 2.75) is 37.7 Å². The summed E-state index contributed by atoms with van der Waals surface area (Å²) in [6.45, 7) is -1.13. The Balaban J connectivity index is 2.04. The Hall–Kier alpha value is -3.58. The van der Waals surface area contributed by atoms with Gasteiger partial charge in [-0.15, -0.1) is 0 Å². The minimum atomic E-state index is -5.02. The van der Waals surface area contributed by atoms with E-state index in [0.717, 1.165) is 24.0 Å². The van der Waals surface area contributed by atoms with Crippen molar-refractivity contribution in [1.82, 2.24) is 5.32 Å². The van der Waals surface area contributed by atoms with Gasteiger partial charge in [-0.2, -0.15) is 13.2 Å². The lowest BCUT2D eigenvalue weighted by Crippen LogP contribution is -2.34. The van der Waals surface area contributed by atoms with Gasteiger partial charge in [-0.3, -0.25) is 9.59 Å². The van der Waals surface area contributed by atoms with E-state index in [1.807, 2.05) is 0 Å². The van der Waals surface area contributed by atoms with Crippen LogP contribution in [0.25, 0.3) is 5.57 Å². The zero-order chi connectivity index (χ0) is 29.0. The van der Waals surface area contributed by atoms with Crippen LogP contribution >= 0.6 is 0 Å². The minimum Gasteiger partial charge on any atom is -0.491 e. The van der Waals surface area contributed by atoms with Crippen LogP contribution in [0.15, 0.2) is 48.5 Å². The van der Waals surface area contributed by atoms with Gasteiger partial charge in [0.2, 0.25) is 5.91 Å². The van der Waals surface area contributed by atoms with Crippen LogP contribution in [0, 0.1) is 0 Å². The first-order valence-corrected chi connectivity index (χ1v) is 11.8. The summed E-state index contributed by atoms with van der Waals surface area (Å²) in [5.74, 6) is -6.21. The zero-order valence-electron chi connectivity index (χ0n) is 20.6. The highest BCUT2D eigenvalue weighted by Crippen LogP contribution is 2.44. The van der Waals surface area contributed by atoms with Crippen LogP contribution in [0.4, 0.5) is 32.0 Å². The fraction of sp³-hybridized carbons (Fsp3) is 0.385. The molecular formula is C26H26F6N2O5. The van der Waals surface area contributed by atoms with E-state index in [1.165, 1.54) is 24.3 Å². The number of rotatable bonds is 8. The van der Waals surface area contributed by atoms with E-state index < -0.39 is 85.6 Å². The number of nitrogens with one attached hydrogen (secondary N) is 1. The predicted molar refractivity (Wildman–Crippen MR) is 129 cm³/mol. The van der Waals surface area contributed by atoms with E-state index in [2.05, 4.69) is 5.32 Å². The third kappa shape index (κ3) is 7.30. The van der Waals surface area contributed by atoms with Gasteiger partial charge in [0.05, 0.1) is 29.5 Å². The van der Waals surface area contributed by atoms with Crippen LogP contribution in [0.2, 0.25) is 0 Å². The number of anilines is 1. The van der Waals surface area contributed by atoms with Gasteiger partial charge < -0.3 is 25.2 Å². The van der Waals surface area contributed by atoms with Crippen molar-refractivity contribution in [3.63, 3.8) is 0 Å². The van der Waals surface area contributed by atoms with Crippen molar-refractivity contribution in [3.05, 3.63) is 65.2 Å². The number of halogens is 6. The van der Waals surface area contributed by atoms with Crippen LogP contribution in [-0.2, 0) is 11.0 Å². The first kappa shape index (κ1) is 30.0. The van der Waals surface area contributed by atoms with Gasteiger partial charge in [0, 0.05) is 36.7 Å². The van der Waals surface area contributed by atoms with Crippen molar-refractivity contribution in [2.24, 2.45) is 0 Å². The van der Waals surface area contributed by atoms with E-state index in [4.69, 9.17) is 9.84 Å². The van der Waals surface area contributed by atoms with Crippen LogP contribution in [0.3, 0.4) is 0 Å². The number of alkyl halides is 6. The number of aliphatic hydroxyl groups is 2. The van der Waals surface area contributed by atoms with Crippen LogP contribution in [-0.4, -0.2) is 66.5 Å². The second-order valence-electron chi connectivity index (χ2n) is 8.86. The molecule has 0 fully saturated rings. The molecule has 3 N–H and O–H groups in total. The average Bonchev–Trinajstić information content (AvgIpc) is 2.98. The highest BCUT2D eigenvalue weighted by Gasteiger charge is 2.43. The molecular weight excluding hydrogens is 534 g/mol. The Morgan fingerprint density at radius 3 is 2.54 bits per heavy atom. The van der Waals surface area contributed by atoms with Crippen LogP contribution < -0.4 is 15.0 Å². The lowest BCUT2D eigenvalue weighted by atomic mass is 9.97. The van der Waals surface area contributed by atoms with E-state index in [0.29, 0.717) is 12.1 Å². The lowest BCUT2D eigenvalue weighted by molar-refractivity contribution is -0.138. The molecule has 1 aliphatic heterocycles. The molecule has 0 radical (unpaired) electrons. The molecule has 0 saturated carbocycles. The highest BCUT2D eigenvalue weighted by atomic mass is 19.4. The quantitative estimate of drug-likeness (QED) is 0.335. The molecule has 0 bridgehead atoms. The Morgan fingerprint density at radius 1 is 1.21 bits per heavy atom. The van der Waals surface area contributed by atoms with Crippen molar-refractivity contribution >= 4 is 23.1 Å². The van der Waals surface area contributed by atoms with E-state index in [1.54, 1.807) is 0 Å². The SMILES string of the molecule is C[C@@H](F)COc1ccc(C(=O)N2CCC(F)(F)C(=CC(=O)NC[C@@H](O)CO)c3ccccc32)c(C(F)(F)F)c1. The molecule has 2 atom stereocenters. The number of hydrogen-bond acceptors (Lipinski definition) is 5. The van der Waals surface area contributed by atoms with Gasteiger partial charge in [0.1, 0.15) is 18.5 Å². The van der Waals surface area contributed by atoms with Crippen molar-refractivity contribution < 1.29 is 50.9 Å². The molecule has 0 unspecified atom stereocenters. The van der Waals surface area contributed by atoms with E-state index in [9.17, 15) is 32.3 Å². The van der Waals surface area contributed by atoms with E-state index in [-0.39, 0.29) is 17.0 Å². The molecule has 2 aromatic rings. The molecule has 1 aliphatic rings. The summed E-state index contributed by atoms with van der Waals surface area (Å²) < 4.78 is 90.3. The number of para-hydroxylation sites is 1. The minimum absolute atomic E-state index is 0.145. The number of carbonyl (C=O) groups excluding carboxylic acids is 2. The second kappa shape index (κ2) is 12.1. The smallest absolute Gasteiger partial charge is 0.417 e. The number of hydrogen-bond donors (Lipinski definition) is 3. The third-order valence-electron chi connectivity index (χ3n) is 5.78. The summed E-state index contributed by atoms with van der Waals surface area (Å²) in [5.41, 5.74) is -3.39. The molecule has 0 aliphatic carbocycles. The van der Waals surface area contributed by atoms with Gasteiger partial charge >= 0.3 is 6.18 Å². The largest absolute Gasteiger partial charge is 0.491 e. The topological polar surface area (TPSA) is 99.1 Å². The lowest BCUT2D eigenvalue weighted by Gasteiger charge is -2.24. The molecule has 2 aromatic carbocycles. The number of ether oxygens (including phenoxy) is 1. The van der Waals surface area contributed by atoms with Crippen LogP contribution in [0.1, 0.15) is 34.8 Å². The maximum atomic E-state index is 15.2. The van der Waals surface area contributed by atoms with Gasteiger partial charge in [-0.05, 0) is 31.2 Å². The standard InChI is InChI=1S/C26H26F6N2O5/c1-15(27)14-39-17-6-7-19(21(10-17)26(30,31)32)24(38)34-9-8-25(28,29)20(18-4-2-3-5-22(18)34)11-23(37)33-12-16(36)13-35/h2-7,10-11,15-16,35-36H,8-9,12-14H2,1H3,(H,33,37)/t15-,16-/m1/s1. The molecule has 0 spiro atoms. The molecule has 2 amide bonds. The molecule has 1 heterocycles. The van der Waals surface area contributed by atoms with Crippen molar-refractivity contribution in [3.8, 4) is 5.75 Å². The van der Waals surface area contributed by atoms with Gasteiger partial charge in [0.25, 0.3) is 11.8 Å². The maximum Gasteiger partial charge on any atom is 0.417 e. The number of carbonyl (C=O) groups is 2. The molecule has 0 saturated heterocycles. The molecule has 39 heavy (non-hydrogen) atoms. The summed E-state index contributed by atoms with van der Waals surface area (Å²) in [5, 5.41) is 20.4. The normalized spacial score (nSPS) is 17.7. The Bertz CT molecular complexity index is 1230. The van der Waals surface area contributed by atoms with Gasteiger partial charge in [-0.25, -0.2) is 13.2 Å². The number of amides is 2. The highest BCUT2D eigenvalue weighted by molar-refractivity contribution is 6.10. The fourth-order valence-electron chi connectivity index (χ4n) is 3.89. The summed E-state index contributed by atoms with van der Waals surface area (Å²) in [6, 6.07) is 7.68. The number of aliphatic hydroxyl groups excluding tert-OH is 2. The predicted octanol–water partition coefficient (Wildman–Crippen LogP) is 3.98. The Morgan fingerprint density at radius 2 is 1.90 bits per heavy atom. The van der Waals surface area contributed by atoms with Gasteiger partial charge in [-0.1, -0.05) is 18.2 Å². The molecule has 212 valence electrons. The Kier molecular flexibility index (Phi) is 9.28. The van der Waals surface area contributed by atoms with E-state index >= 15 is 8.78 Å². The zero-order valence-corrected chi connectivity index (χ0v) is 20.6. The summed E-state index contributed by atoms with van der Waals surface area (Å²) >= 11 is 0. The fourth-order valence-corrected chi connectivity index (χ4v) is 3.89. The number of benzene rings is 2. The Labute approximate surface area is 219 Å². The number of nitrogens with zero attached hydrogens (tertiary/aromatic N) is 1.